The number of rotatable bonds is 2. The van der Waals surface area contributed by atoms with Crippen molar-refractivity contribution < 1.29 is 4.39 Å². The Bertz CT molecular complexity index is 78.1. The summed E-state index contributed by atoms with van der Waals surface area (Å²) in [5.41, 5.74) is 0. The van der Waals surface area contributed by atoms with Gasteiger partial charge >= 0.3 is 0 Å². The molecule has 0 aromatic heterocycles. The Morgan fingerprint density at radius 3 is 2.57 bits per heavy atom. The zero-order valence-corrected chi connectivity index (χ0v) is 5.28. The first-order valence-electron chi connectivity index (χ1n) is 1.76. The van der Waals surface area contributed by atoms with Gasteiger partial charge in [0.15, 0.2) is 0 Å². The molecule has 0 saturated heterocycles. The Hall–Kier alpha value is -0.110. The van der Waals surface area contributed by atoms with Crippen LogP contribution >= 0.6 is 15.9 Å². The molecule has 39 valence electrons. The molecule has 0 amide bonds. The Kier molecular flexibility index (Phi) is 4.00. The van der Waals surface area contributed by atoms with Gasteiger partial charge in [-0.1, -0.05) is 28.6 Å². The highest BCUT2D eigenvalue weighted by molar-refractivity contribution is 9.11. The largest absolute Gasteiger partial charge is 0.238 e. The first-order chi connectivity index (χ1) is 3.31. The highest BCUT2D eigenvalue weighted by Gasteiger charge is 1.88. The molecule has 0 aliphatic heterocycles. The highest BCUT2D eigenvalue weighted by Crippen LogP contribution is 1.93. The molecule has 0 aliphatic rings. The van der Waals surface area contributed by atoms with Crippen LogP contribution in [0.4, 0.5) is 4.39 Å². The third-order valence-electron chi connectivity index (χ3n) is 0.429. The number of hydrogen-bond acceptors (Lipinski definition) is 0. The molecule has 0 bridgehead atoms. The van der Waals surface area contributed by atoms with Crippen LogP contribution in [-0.2, 0) is 0 Å². The maximum Gasteiger partial charge on any atom is 0.144 e. The van der Waals surface area contributed by atoms with E-state index in [1.54, 1.807) is 0 Å². The van der Waals surface area contributed by atoms with E-state index in [-0.39, 0.29) is 0 Å². The molecule has 0 saturated carbocycles. The molecule has 0 rings (SSSR count). The number of allylic oxidation sites excluding steroid dienone is 2. The number of halogens is 2. The Morgan fingerprint density at radius 1 is 1.86 bits per heavy atom. The van der Waals surface area contributed by atoms with Crippen LogP contribution in [0, 0.1) is 6.08 Å². The topological polar surface area (TPSA) is 0 Å². The summed E-state index contributed by atoms with van der Waals surface area (Å²) in [6.45, 7) is 3.20. The van der Waals surface area contributed by atoms with E-state index in [2.05, 4.69) is 28.6 Å². The Balaban J connectivity index is 3.35. The molecule has 0 fully saturated rings. The molecule has 0 spiro atoms. The van der Waals surface area contributed by atoms with Crippen molar-refractivity contribution in [2.24, 2.45) is 0 Å². The predicted octanol–water partition coefficient (Wildman–Crippen LogP) is 2.22. The second-order valence-electron chi connectivity index (χ2n) is 0.913. The Labute approximate surface area is 50.9 Å². The van der Waals surface area contributed by atoms with Crippen molar-refractivity contribution in [3.05, 3.63) is 23.7 Å². The van der Waals surface area contributed by atoms with E-state index in [1.807, 2.05) is 0 Å². The van der Waals surface area contributed by atoms with Crippen molar-refractivity contribution in [3.8, 4) is 0 Å². The average molecular weight is 164 g/mol. The molecule has 0 heterocycles. The molecule has 0 nitrogen and oxygen atoms in total. The maximum absolute atomic E-state index is 11.8. The fourth-order valence-corrected chi connectivity index (χ4v) is 0.381. The first kappa shape index (κ1) is 6.89. The summed E-state index contributed by atoms with van der Waals surface area (Å²) in [4.78, 5) is 1.35. The Morgan fingerprint density at radius 2 is 2.43 bits per heavy atom. The summed E-state index contributed by atoms with van der Waals surface area (Å²) in [7, 11) is 0. The average Bonchev–Trinajstić information content (AvgIpc) is 1.68. The van der Waals surface area contributed by atoms with Crippen molar-refractivity contribution in [1.82, 2.24) is 0 Å². The third kappa shape index (κ3) is 3.73. The molecule has 2 heteroatoms. The van der Waals surface area contributed by atoms with Gasteiger partial charge in [0.2, 0.25) is 0 Å². The maximum atomic E-state index is 11.8. The smallest absolute Gasteiger partial charge is 0.144 e. The lowest BCUT2D eigenvalue weighted by Crippen LogP contribution is -1.84. The van der Waals surface area contributed by atoms with Crippen LogP contribution in [0.15, 0.2) is 17.6 Å². The second kappa shape index (κ2) is 4.06. The van der Waals surface area contributed by atoms with Gasteiger partial charge in [0.1, 0.15) is 6.17 Å². The van der Waals surface area contributed by atoms with E-state index in [4.69, 9.17) is 0 Å². The van der Waals surface area contributed by atoms with Crippen LogP contribution in [-0.4, -0.2) is 6.17 Å². The van der Waals surface area contributed by atoms with Crippen LogP contribution < -0.4 is 0 Å². The van der Waals surface area contributed by atoms with E-state index in [1.165, 1.54) is 4.99 Å². The molecular weight excluding hydrogens is 159 g/mol. The van der Waals surface area contributed by atoms with Gasteiger partial charge in [0.05, 0.1) is 0 Å². The second-order valence-corrected chi connectivity index (χ2v) is 1.37. The zero-order chi connectivity index (χ0) is 5.70. The predicted molar refractivity (Wildman–Crippen MR) is 31.8 cm³/mol. The first-order valence-corrected chi connectivity index (χ1v) is 2.67. The van der Waals surface area contributed by atoms with Gasteiger partial charge < -0.3 is 0 Å². The van der Waals surface area contributed by atoms with Crippen LogP contribution in [0.5, 0.6) is 0 Å². The van der Waals surface area contributed by atoms with Gasteiger partial charge in [0, 0.05) is 6.08 Å². The van der Waals surface area contributed by atoms with E-state index in [0.29, 0.717) is 0 Å². The SMILES string of the molecule is C=CC(F)/[C]=C/Br. The molecular formula is C5H5BrF. The van der Waals surface area contributed by atoms with E-state index >= 15 is 0 Å². The summed E-state index contributed by atoms with van der Waals surface area (Å²) in [5, 5.41) is 0. The molecule has 0 aromatic rings. The third-order valence-corrected chi connectivity index (χ3v) is 0.693. The van der Waals surface area contributed by atoms with E-state index < -0.39 is 6.17 Å². The quantitative estimate of drug-likeness (QED) is 0.549. The lowest BCUT2D eigenvalue weighted by Gasteiger charge is -1.84. The van der Waals surface area contributed by atoms with Crippen molar-refractivity contribution >= 4 is 15.9 Å². The van der Waals surface area contributed by atoms with E-state index in [0.717, 1.165) is 6.08 Å². The lowest BCUT2D eigenvalue weighted by molar-refractivity contribution is 0.460. The normalized spacial score (nSPS) is 14.6. The number of alkyl halides is 1. The summed E-state index contributed by atoms with van der Waals surface area (Å²) in [6, 6.07) is 0. The van der Waals surface area contributed by atoms with Crippen molar-refractivity contribution in [3.63, 3.8) is 0 Å². The molecule has 0 N–H and O–H groups in total. The van der Waals surface area contributed by atoms with Crippen LogP contribution in [0.1, 0.15) is 0 Å². The summed E-state index contributed by atoms with van der Waals surface area (Å²) in [6.07, 6.45) is 2.33. The van der Waals surface area contributed by atoms with Gasteiger partial charge in [-0.05, 0) is 4.99 Å². The van der Waals surface area contributed by atoms with Crippen molar-refractivity contribution in [2.75, 3.05) is 0 Å². The fraction of sp³-hybridized carbons (Fsp3) is 0.200. The van der Waals surface area contributed by atoms with Gasteiger partial charge in [-0.25, -0.2) is 4.39 Å². The number of hydrogen-bond donors (Lipinski definition) is 0. The monoisotopic (exact) mass is 163 g/mol. The minimum atomic E-state index is -1.14. The lowest BCUT2D eigenvalue weighted by atomic mass is 10.4. The molecule has 0 aliphatic carbocycles. The molecule has 1 atom stereocenters. The molecule has 1 unspecified atom stereocenters. The van der Waals surface area contributed by atoms with Crippen LogP contribution in [0.3, 0.4) is 0 Å². The minimum Gasteiger partial charge on any atom is -0.238 e. The standard InChI is InChI=1S/C5H5BrF/c1-2-5(7)3-4-6/h2,4-5H,1H2. The van der Waals surface area contributed by atoms with Crippen LogP contribution in [0.25, 0.3) is 0 Å². The minimum absolute atomic E-state index is 1.14. The fourth-order valence-electron chi connectivity index (χ4n) is 0.128. The summed E-state index contributed by atoms with van der Waals surface area (Å²) in [5.74, 6) is 0. The van der Waals surface area contributed by atoms with Gasteiger partial charge in [0.25, 0.3) is 0 Å². The van der Waals surface area contributed by atoms with E-state index in [9.17, 15) is 4.39 Å². The van der Waals surface area contributed by atoms with Gasteiger partial charge in [-0.2, -0.15) is 0 Å². The van der Waals surface area contributed by atoms with Gasteiger partial charge in [-0.15, -0.1) is 0 Å². The van der Waals surface area contributed by atoms with Crippen molar-refractivity contribution in [2.45, 2.75) is 6.17 Å². The van der Waals surface area contributed by atoms with Crippen LogP contribution in [0.2, 0.25) is 0 Å². The highest BCUT2D eigenvalue weighted by atomic mass is 79.9. The van der Waals surface area contributed by atoms with Gasteiger partial charge in [-0.3, -0.25) is 0 Å². The summed E-state index contributed by atoms with van der Waals surface area (Å²) < 4.78 is 11.8. The molecule has 0 aromatic carbocycles. The molecule has 1 radical (unpaired) electrons. The molecule has 7 heavy (non-hydrogen) atoms. The zero-order valence-electron chi connectivity index (χ0n) is 3.70. The summed E-state index contributed by atoms with van der Waals surface area (Å²) >= 11 is 2.87. The van der Waals surface area contributed by atoms with Crippen molar-refractivity contribution in [1.29, 1.82) is 0 Å².